The second kappa shape index (κ2) is 11.6. The highest BCUT2D eigenvalue weighted by atomic mass is 16.7. The van der Waals surface area contributed by atoms with Crippen molar-refractivity contribution in [3.05, 3.63) is 108 Å². The van der Waals surface area contributed by atoms with Crippen LogP contribution in [0.15, 0.2) is 91.0 Å². The van der Waals surface area contributed by atoms with Gasteiger partial charge >= 0.3 is 0 Å². The van der Waals surface area contributed by atoms with Gasteiger partial charge in [0.2, 0.25) is 12.7 Å². The number of amides is 2. The Morgan fingerprint density at radius 3 is 2.52 bits per heavy atom. The Bertz CT molecular complexity index is 1730. The van der Waals surface area contributed by atoms with E-state index in [1.807, 2.05) is 55.5 Å². The van der Waals surface area contributed by atoms with E-state index < -0.39 is 6.04 Å². The molecule has 42 heavy (non-hydrogen) atoms. The second-order valence-corrected chi connectivity index (χ2v) is 9.98. The molecule has 2 heterocycles. The number of anilines is 1. The summed E-state index contributed by atoms with van der Waals surface area (Å²) in [5.74, 6) is 1.07. The van der Waals surface area contributed by atoms with Gasteiger partial charge in [-0.2, -0.15) is 0 Å². The molecule has 10 heteroatoms. The SMILES string of the molecule is COc1ccc(NC(=O)C(c2ccc3c(c2)OCO3)N(Cc2ccc(C)cc2)C(=O)Cn2nnc3ccccc32)cc1. The molecule has 0 saturated carbocycles. The summed E-state index contributed by atoms with van der Waals surface area (Å²) in [6.07, 6.45) is 0. The lowest BCUT2D eigenvalue weighted by Crippen LogP contribution is -2.42. The van der Waals surface area contributed by atoms with Crippen molar-refractivity contribution in [1.29, 1.82) is 0 Å². The molecule has 0 fully saturated rings. The fourth-order valence-electron chi connectivity index (χ4n) is 4.91. The van der Waals surface area contributed by atoms with Crippen molar-refractivity contribution in [3.8, 4) is 17.2 Å². The molecule has 1 aliphatic rings. The van der Waals surface area contributed by atoms with Crippen LogP contribution in [0.1, 0.15) is 22.7 Å². The number of hydrogen-bond acceptors (Lipinski definition) is 7. The normalized spacial score (nSPS) is 12.6. The van der Waals surface area contributed by atoms with Crippen LogP contribution in [0.4, 0.5) is 5.69 Å². The fourth-order valence-corrected chi connectivity index (χ4v) is 4.91. The van der Waals surface area contributed by atoms with Crippen LogP contribution in [-0.2, 0) is 22.7 Å². The van der Waals surface area contributed by atoms with Gasteiger partial charge < -0.3 is 24.4 Å². The monoisotopic (exact) mass is 563 g/mol. The van der Waals surface area contributed by atoms with Crippen LogP contribution in [0.2, 0.25) is 0 Å². The Morgan fingerprint density at radius 2 is 1.74 bits per heavy atom. The molecule has 0 radical (unpaired) electrons. The Kier molecular flexibility index (Phi) is 7.42. The third kappa shape index (κ3) is 5.60. The molecule has 0 aliphatic carbocycles. The van der Waals surface area contributed by atoms with Crippen LogP contribution in [0.5, 0.6) is 17.2 Å². The Hall–Kier alpha value is -5.38. The third-order valence-electron chi connectivity index (χ3n) is 7.13. The van der Waals surface area contributed by atoms with E-state index in [2.05, 4.69) is 15.6 Å². The topological polar surface area (TPSA) is 108 Å². The van der Waals surface area contributed by atoms with E-state index in [0.29, 0.717) is 34.0 Å². The maximum absolute atomic E-state index is 14.2. The number of benzene rings is 4. The average molecular weight is 564 g/mol. The van der Waals surface area contributed by atoms with E-state index in [1.165, 1.54) is 0 Å². The lowest BCUT2D eigenvalue weighted by molar-refractivity contribution is -0.140. The van der Waals surface area contributed by atoms with Crippen molar-refractivity contribution in [2.75, 3.05) is 19.2 Å². The van der Waals surface area contributed by atoms with Crippen molar-refractivity contribution in [2.24, 2.45) is 0 Å². The molecule has 1 aromatic heterocycles. The van der Waals surface area contributed by atoms with Gasteiger partial charge in [-0.1, -0.05) is 53.2 Å². The Balaban J connectivity index is 1.40. The number of methoxy groups -OCH3 is 1. The zero-order valence-electron chi connectivity index (χ0n) is 23.2. The summed E-state index contributed by atoms with van der Waals surface area (Å²) in [6, 6.07) is 26.6. The third-order valence-corrected chi connectivity index (χ3v) is 7.13. The molecule has 6 rings (SSSR count). The number of ether oxygens (including phenoxy) is 3. The summed E-state index contributed by atoms with van der Waals surface area (Å²) < 4.78 is 17.9. The van der Waals surface area contributed by atoms with Crippen molar-refractivity contribution in [2.45, 2.75) is 26.1 Å². The molecule has 1 unspecified atom stereocenters. The summed E-state index contributed by atoms with van der Waals surface area (Å²) in [4.78, 5) is 29.9. The van der Waals surface area contributed by atoms with Crippen molar-refractivity contribution < 1.29 is 23.8 Å². The highest BCUT2D eigenvalue weighted by molar-refractivity contribution is 5.98. The van der Waals surface area contributed by atoms with Gasteiger partial charge in [-0.15, -0.1) is 5.10 Å². The minimum Gasteiger partial charge on any atom is -0.497 e. The van der Waals surface area contributed by atoms with Crippen LogP contribution < -0.4 is 19.5 Å². The van der Waals surface area contributed by atoms with Crippen LogP contribution in [0.3, 0.4) is 0 Å². The van der Waals surface area contributed by atoms with Crippen molar-refractivity contribution >= 4 is 28.5 Å². The predicted molar refractivity (Wildman–Crippen MR) is 156 cm³/mol. The average Bonchev–Trinajstić information content (AvgIpc) is 3.65. The molecule has 1 N–H and O–H groups in total. The minimum atomic E-state index is -1.01. The molecule has 0 spiro atoms. The highest BCUT2D eigenvalue weighted by Crippen LogP contribution is 2.36. The standard InChI is InChI=1S/C32H29N5O5/c1-21-7-9-22(10-8-21)18-36(30(38)19-37-27-6-4-3-5-26(27)34-35-37)31(23-11-16-28-29(17-23)42-20-41-28)32(39)33-24-12-14-25(40-2)15-13-24/h3-17,31H,18-20H2,1-2H3,(H,33,39). The number of para-hydroxylation sites is 1. The highest BCUT2D eigenvalue weighted by Gasteiger charge is 2.33. The molecule has 0 saturated heterocycles. The van der Waals surface area contributed by atoms with Crippen LogP contribution in [0, 0.1) is 6.92 Å². The molecule has 212 valence electrons. The molecular weight excluding hydrogens is 534 g/mol. The lowest BCUT2D eigenvalue weighted by Gasteiger charge is -2.32. The lowest BCUT2D eigenvalue weighted by atomic mass is 10.0. The summed E-state index contributed by atoms with van der Waals surface area (Å²) >= 11 is 0. The largest absolute Gasteiger partial charge is 0.497 e. The van der Waals surface area contributed by atoms with Gasteiger partial charge in [-0.05, 0) is 66.6 Å². The Labute approximate surface area is 242 Å². The van der Waals surface area contributed by atoms with Crippen molar-refractivity contribution in [1.82, 2.24) is 19.9 Å². The zero-order valence-corrected chi connectivity index (χ0v) is 23.2. The van der Waals surface area contributed by atoms with E-state index in [9.17, 15) is 9.59 Å². The first-order valence-electron chi connectivity index (χ1n) is 13.5. The summed E-state index contributed by atoms with van der Waals surface area (Å²) in [7, 11) is 1.58. The number of rotatable bonds is 9. The van der Waals surface area contributed by atoms with Gasteiger partial charge in [0.05, 0.1) is 12.6 Å². The molecule has 1 atom stereocenters. The van der Waals surface area contributed by atoms with Crippen LogP contribution >= 0.6 is 0 Å². The minimum absolute atomic E-state index is 0.0902. The van der Waals surface area contributed by atoms with Crippen molar-refractivity contribution in [3.63, 3.8) is 0 Å². The first-order chi connectivity index (χ1) is 20.5. The van der Waals surface area contributed by atoms with Gasteiger partial charge in [0.1, 0.15) is 23.9 Å². The van der Waals surface area contributed by atoms with Gasteiger partial charge in [0.15, 0.2) is 11.5 Å². The molecule has 2 amide bonds. The van der Waals surface area contributed by atoms with E-state index in [4.69, 9.17) is 14.2 Å². The number of carbonyl (C=O) groups excluding carboxylic acids is 2. The molecule has 0 bridgehead atoms. The van der Waals surface area contributed by atoms with E-state index in [0.717, 1.165) is 16.6 Å². The molecular formula is C32H29N5O5. The predicted octanol–water partition coefficient (Wildman–Crippen LogP) is 4.89. The smallest absolute Gasteiger partial charge is 0.251 e. The first-order valence-corrected chi connectivity index (χ1v) is 13.5. The summed E-state index contributed by atoms with van der Waals surface area (Å²) in [5.41, 5.74) is 4.52. The molecule has 5 aromatic rings. The molecule has 10 nitrogen and oxygen atoms in total. The number of hydrogen-bond donors (Lipinski definition) is 1. The van der Waals surface area contributed by atoms with Gasteiger partial charge in [-0.25, -0.2) is 4.68 Å². The number of nitrogens with one attached hydrogen (secondary N) is 1. The summed E-state index contributed by atoms with van der Waals surface area (Å²) in [5, 5.41) is 11.4. The van der Waals surface area contributed by atoms with E-state index in [-0.39, 0.29) is 31.7 Å². The van der Waals surface area contributed by atoms with E-state index in [1.54, 1.807) is 59.2 Å². The number of aromatic nitrogens is 3. The maximum Gasteiger partial charge on any atom is 0.251 e. The number of aryl methyl sites for hydroxylation is 1. The number of carbonyl (C=O) groups is 2. The molecule has 1 aliphatic heterocycles. The van der Waals surface area contributed by atoms with Gasteiger partial charge in [0, 0.05) is 12.2 Å². The first kappa shape index (κ1) is 26.8. The number of nitrogens with zero attached hydrogens (tertiary/aromatic N) is 4. The van der Waals surface area contributed by atoms with Crippen LogP contribution in [-0.4, -0.2) is 45.6 Å². The quantitative estimate of drug-likeness (QED) is 0.272. The fraction of sp³-hybridized carbons (Fsp3) is 0.188. The second-order valence-electron chi connectivity index (χ2n) is 9.98. The maximum atomic E-state index is 14.2. The number of fused-ring (bicyclic) bond motifs is 2. The zero-order chi connectivity index (χ0) is 29.1. The van der Waals surface area contributed by atoms with Gasteiger partial charge in [0.25, 0.3) is 5.91 Å². The van der Waals surface area contributed by atoms with E-state index >= 15 is 0 Å². The van der Waals surface area contributed by atoms with Gasteiger partial charge in [-0.3, -0.25) is 9.59 Å². The molecule has 4 aromatic carbocycles. The van der Waals surface area contributed by atoms with Crippen LogP contribution in [0.25, 0.3) is 11.0 Å². The Morgan fingerprint density at radius 1 is 0.976 bits per heavy atom. The summed E-state index contributed by atoms with van der Waals surface area (Å²) in [6.45, 7) is 2.16.